The van der Waals surface area contributed by atoms with Crippen molar-refractivity contribution >= 4 is 17.1 Å². The van der Waals surface area contributed by atoms with Crippen LogP contribution in [-0.2, 0) is 13.1 Å². The third kappa shape index (κ3) is 4.62. The number of nitrogens with zero attached hydrogens (tertiary/aromatic N) is 5. The third-order valence-electron chi connectivity index (χ3n) is 4.09. The van der Waals surface area contributed by atoms with Crippen LogP contribution in [0.3, 0.4) is 0 Å². The summed E-state index contributed by atoms with van der Waals surface area (Å²) in [6.45, 7) is 1.02. The summed E-state index contributed by atoms with van der Waals surface area (Å²) in [5, 5.41) is 15.1. The maximum Gasteiger partial charge on any atom is 0.293 e. The van der Waals surface area contributed by atoms with Crippen LogP contribution in [0.15, 0.2) is 84.0 Å². The molecule has 3 aromatic carbocycles. The predicted octanol–water partition coefficient (Wildman–Crippen LogP) is 5.74. The van der Waals surface area contributed by atoms with Gasteiger partial charge in [-0.1, -0.05) is 71.8 Å². The molecule has 0 radical (unpaired) electrons. The van der Waals surface area contributed by atoms with Crippen molar-refractivity contribution in [2.75, 3.05) is 4.90 Å². The van der Waals surface area contributed by atoms with E-state index in [1.54, 1.807) is 12.1 Å². The maximum atomic E-state index is 11.6. The van der Waals surface area contributed by atoms with E-state index in [0.717, 1.165) is 11.1 Å². The monoisotopic (exact) mass is 359 g/mol. The van der Waals surface area contributed by atoms with Crippen LogP contribution in [0, 0.1) is 10.1 Å². The molecule has 0 saturated heterocycles. The van der Waals surface area contributed by atoms with Gasteiger partial charge in [0.1, 0.15) is 5.69 Å². The van der Waals surface area contributed by atoms with E-state index in [1.165, 1.54) is 6.07 Å². The first kappa shape index (κ1) is 18.0. The van der Waals surface area contributed by atoms with Gasteiger partial charge in [-0.25, -0.2) is 0 Å². The van der Waals surface area contributed by atoms with E-state index in [2.05, 4.69) is 10.0 Å². The van der Waals surface area contributed by atoms with Gasteiger partial charge in [-0.05, 0) is 22.7 Å². The van der Waals surface area contributed by atoms with E-state index < -0.39 is 4.92 Å². The number of hydrogen-bond acceptors (Lipinski definition) is 4. The Labute approximate surface area is 156 Å². The van der Waals surface area contributed by atoms with Gasteiger partial charge in [0.2, 0.25) is 0 Å². The fraction of sp³-hybridized carbons (Fsp3) is 0.100. The molecule has 0 bridgehead atoms. The molecule has 134 valence electrons. The number of nitro groups is 1. The van der Waals surface area contributed by atoms with Gasteiger partial charge in [0.15, 0.2) is 0 Å². The third-order valence-corrected chi connectivity index (χ3v) is 4.09. The number of rotatable bonds is 7. The average Bonchev–Trinajstić information content (AvgIpc) is 2.69. The van der Waals surface area contributed by atoms with Gasteiger partial charge in [-0.15, -0.1) is 0 Å². The summed E-state index contributed by atoms with van der Waals surface area (Å²) >= 11 is 0. The van der Waals surface area contributed by atoms with E-state index in [0.29, 0.717) is 18.8 Å². The Balaban J connectivity index is 2.03. The van der Waals surface area contributed by atoms with Gasteiger partial charge in [-0.3, -0.25) is 10.1 Å². The Bertz CT molecular complexity index is 929. The smallest absolute Gasteiger partial charge is 0.293 e. The summed E-state index contributed by atoms with van der Waals surface area (Å²) in [6, 6.07) is 24.1. The first-order valence-corrected chi connectivity index (χ1v) is 8.33. The summed E-state index contributed by atoms with van der Waals surface area (Å²) in [5.41, 5.74) is 11.3. The molecule has 0 aliphatic carbocycles. The van der Waals surface area contributed by atoms with Crippen LogP contribution in [0.5, 0.6) is 0 Å². The average molecular weight is 359 g/mol. The van der Waals surface area contributed by atoms with E-state index in [-0.39, 0.29) is 11.4 Å². The van der Waals surface area contributed by atoms with Crippen LogP contribution < -0.4 is 4.90 Å². The molecule has 0 heterocycles. The molecule has 0 saturated carbocycles. The standard InChI is InChI=1S/C20H17N5O2/c21-23-22-18-11-12-19(20(13-18)25(26)27)24(14-16-7-3-1-4-8-16)15-17-9-5-2-6-10-17/h1-13H,14-15H2. The molecular weight excluding hydrogens is 342 g/mol. The summed E-state index contributed by atoms with van der Waals surface area (Å²) in [6.07, 6.45) is 0. The Morgan fingerprint density at radius 1 is 0.926 bits per heavy atom. The quantitative estimate of drug-likeness (QED) is 0.177. The molecule has 7 heteroatoms. The van der Waals surface area contributed by atoms with Crippen molar-refractivity contribution in [3.05, 3.63) is 111 Å². The topological polar surface area (TPSA) is 95.1 Å². The van der Waals surface area contributed by atoms with Crippen LogP contribution in [0.4, 0.5) is 17.1 Å². The highest BCUT2D eigenvalue weighted by atomic mass is 16.6. The van der Waals surface area contributed by atoms with Crippen molar-refractivity contribution in [3.63, 3.8) is 0 Å². The summed E-state index contributed by atoms with van der Waals surface area (Å²) in [7, 11) is 0. The zero-order chi connectivity index (χ0) is 19.1. The zero-order valence-corrected chi connectivity index (χ0v) is 14.5. The molecular formula is C20H17N5O2. The van der Waals surface area contributed by atoms with Crippen molar-refractivity contribution in [1.82, 2.24) is 0 Å². The number of hydrogen-bond donors (Lipinski definition) is 0. The van der Waals surface area contributed by atoms with Crippen molar-refractivity contribution in [2.24, 2.45) is 5.11 Å². The van der Waals surface area contributed by atoms with Crippen LogP contribution >= 0.6 is 0 Å². The SMILES string of the molecule is [N-]=[N+]=Nc1ccc(N(Cc2ccccc2)Cc2ccccc2)c([N+](=O)[O-])c1. The summed E-state index contributed by atoms with van der Waals surface area (Å²) in [5.74, 6) is 0. The molecule has 0 spiro atoms. The van der Waals surface area contributed by atoms with Gasteiger partial charge < -0.3 is 4.90 Å². The number of anilines is 1. The molecule has 3 rings (SSSR count). The predicted molar refractivity (Wildman–Crippen MR) is 105 cm³/mol. The van der Waals surface area contributed by atoms with Crippen LogP contribution in [0.1, 0.15) is 11.1 Å². The number of nitro benzene ring substituents is 1. The minimum absolute atomic E-state index is 0.0910. The van der Waals surface area contributed by atoms with E-state index in [1.807, 2.05) is 65.6 Å². The van der Waals surface area contributed by atoms with Gasteiger partial charge in [0.05, 0.1) is 4.92 Å². The molecule has 7 nitrogen and oxygen atoms in total. The molecule has 0 aromatic heterocycles. The Hall–Kier alpha value is -3.83. The Kier molecular flexibility index (Phi) is 5.67. The van der Waals surface area contributed by atoms with Crippen molar-refractivity contribution in [3.8, 4) is 0 Å². The van der Waals surface area contributed by atoms with E-state index >= 15 is 0 Å². The summed E-state index contributed by atoms with van der Waals surface area (Å²) < 4.78 is 0. The highest BCUT2D eigenvalue weighted by molar-refractivity contribution is 5.68. The minimum atomic E-state index is -0.450. The maximum absolute atomic E-state index is 11.6. The normalized spacial score (nSPS) is 10.1. The van der Waals surface area contributed by atoms with Gasteiger partial charge in [-0.2, -0.15) is 0 Å². The second-order valence-corrected chi connectivity index (χ2v) is 5.95. The molecule has 0 aliphatic heterocycles. The lowest BCUT2D eigenvalue weighted by atomic mass is 10.1. The first-order chi connectivity index (χ1) is 13.2. The van der Waals surface area contributed by atoms with Crippen molar-refractivity contribution in [1.29, 1.82) is 0 Å². The van der Waals surface area contributed by atoms with Gasteiger partial charge in [0, 0.05) is 29.8 Å². The van der Waals surface area contributed by atoms with Crippen LogP contribution in [-0.4, -0.2) is 4.92 Å². The fourth-order valence-electron chi connectivity index (χ4n) is 2.87. The molecule has 0 fully saturated rings. The van der Waals surface area contributed by atoms with E-state index in [4.69, 9.17) is 5.53 Å². The molecule has 0 N–H and O–H groups in total. The molecule has 3 aromatic rings. The lowest BCUT2D eigenvalue weighted by Crippen LogP contribution is -2.23. The summed E-state index contributed by atoms with van der Waals surface area (Å²) in [4.78, 5) is 15.8. The Morgan fingerprint density at radius 2 is 1.48 bits per heavy atom. The fourth-order valence-corrected chi connectivity index (χ4v) is 2.87. The zero-order valence-electron chi connectivity index (χ0n) is 14.5. The highest BCUT2D eigenvalue weighted by Crippen LogP contribution is 2.34. The lowest BCUT2D eigenvalue weighted by molar-refractivity contribution is -0.384. The van der Waals surface area contributed by atoms with Crippen LogP contribution in [0.25, 0.3) is 10.4 Å². The molecule has 0 unspecified atom stereocenters. The molecule has 0 amide bonds. The van der Waals surface area contributed by atoms with Gasteiger partial charge >= 0.3 is 0 Å². The van der Waals surface area contributed by atoms with Gasteiger partial charge in [0.25, 0.3) is 5.69 Å². The minimum Gasteiger partial charge on any atom is -0.357 e. The number of benzene rings is 3. The van der Waals surface area contributed by atoms with Crippen molar-refractivity contribution < 1.29 is 4.92 Å². The molecule has 27 heavy (non-hydrogen) atoms. The molecule has 0 atom stereocenters. The second kappa shape index (κ2) is 8.51. The first-order valence-electron chi connectivity index (χ1n) is 8.33. The highest BCUT2D eigenvalue weighted by Gasteiger charge is 2.20. The molecule has 0 aliphatic rings. The largest absolute Gasteiger partial charge is 0.357 e. The number of azide groups is 1. The van der Waals surface area contributed by atoms with Crippen molar-refractivity contribution in [2.45, 2.75) is 13.1 Å². The Morgan fingerprint density at radius 3 is 1.96 bits per heavy atom. The second-order valence-electron chi connectivity index (χ2n) is 5.95. The van der Waals surface area contributed by atoms with E-state index in [9.17, 15) is 10.1 Å². The lowest BCUT2D eigenvalue weighted by Gasteiger charge is -2.25. The van der Waals surface area contributed by atoms with Crippen LogP contribution in [0.2, 0.25) is 0 Å².